The van der Waals surface area contributed by atoms with Crippen molar-refractivity contribution >= 4 is 5.78 Å². The third-order valence-corrected chi connectivity index (χ3v) is 2.86. The summed E-state index contributed by atoms with van der Waals surface area (Å²) >= 11 is 0. The Morgan fingerprint density at radius 1 is 1.25 bits per heavy atom. The highest BCUT2D eigenvalue weighted by Crippen LogP contribution is 2.37. The van der Waals surface area contributed by atoms with Crippen LogP contribution in [0.25, 0.3) is 0 Å². The minimum atomic E-state index is -4.02. The lowest BCUT2D eigenvalue weighted by Crippen LogP contribution is -2.55. The molecule has 1 aliphatic rings. The summed E-state index contributed by atoms with van der Waals surface area (Å²) in [5, 5.41) is 27.9. The number of halogens is 2. The summed E-state index contributed by atoms with van der Waals surface area (Å²) in [5.74, 6) is -5.42. The first kappa shape index (κ1) is 13.5. The third-order valence-electron chi connectivity index (χ3n) is 2.86. The molecule has 3 N–H and O–H groups in total. The molecule has 94 valence electrons. The van der Waals surface area contributed by atoms with Crippen molar-refractivity contribution in [1.82, 2.24) is 0 Å². The van der Waals surface area contributed by atoms with Crippen LogP contribution in [0.3, 0.4) is 0 Å². The Morgan fingerprint density at radius 3 is 2.25 bits per heavy atom. The minimum Gasteiger partial charge on any atom is -0.390 e. The molecule has 1 aliphatic carbocycles. The molecule has 0 radical (unpaired) electrons. The molecule has 3 atom stereocenters. The van der Waals surface area contributed by atoms with Crippen molar-refractivity contribution in [2.24, 2.45) is 5.41 Å². The fourth-order valence-corrected chi connectivity index (χ4v) is 1.90. The van der Waals surface area contributed by atoms with Gasteiger partial charge in [0.25, 0.3) is 0 Å². The Morgan fingerprint density at radius 2 is 1.75 bits per heavy atom. The summed E-state index contributed by atoms with van der Waals surface area (Å²) < 4.78 is 26.7. The Hall–Kier alpha value is -0.590. The van der Waals surface area contributed by atoms with Crippen molar-refractivity contribution in [3.63, 3.8) is 0 Å². The van der Waals surface area contributed by atoms with Crippen LogP contribution in [0.2, 0.25) is 0 Å². The molecule has 0 saturated heterocycles. The van der Waals surface area contributed by atoms with Crippen LogP contribution in [-0.4, -0.2) is 45.3 Å². The highest BCUT2D eigenvalue weighted by Gasteiger charge is 2.54. The zero-order valence-corrected chi connectivity index (χ0v) is 9.15. The van der Waals surface area contributed by atoms with Gasteiger partial charge in [-0.15, -0.1) is 0 Å². The number of Topliss-reactive ketones (excluding diaryl/α,β-unsaturated/α-hetero) is 1. The summed E-state index contributed by atoms with van der Waals surface area (Å²) in [6.07, 6.45) is -6.50. The van der Waals surface area contributed by atoms with Crippen molar-refractivity contribution in [1.29, 1.82) is 0 Å². The highest BCUT2D eigenvalue weighted by atomic mass is 19.3. The van der Waals surface area contributed by atoms with Gasteiger partial charge in [-0.3, -0.25) is 4.79 Å². The van der Waals surface area contributed by atoms with E-state index in [1.807, 2.05) is 0 Å². The average molecular weight is 238 g/mol. The predicted molar refractivity (Wildman–Crippen MR) is 51.0 cm³/mol. The smallest absolute Gasteiger partial charge is 0.333 e. The van der Waals surface area contributed by atoms with E-state index in [4.69, 9.17) is 5.11 Å². The number of hydrogen-bond acceptors (Lipinski definition) is 4. The normalized spacial score (nSPS) is 38.9. The van der Waals surface area contributed by atoms with E-state index < -0.39 is 41.9 Å². The summed E-state index contributed by atoms with van der Waals surface area (Å²) in [5.41, 5.74) is -0.832. The molecule has 1 saturated carbocycles. The number of aliphatic hydroxyl groups is 3. The van der Waals surface area contributed by atoms with Crippen LogP contribution < -0.4 is 0 Å². The van der Waals surface area contributed by atoms with Gasteiger partial charge < -0.3 is 15.3 Å². The van der Waals surface area contributed by atoms with Crippen molar-refractivity contribution in [2.45, 2.75) is 50.9 Å². The molecule has 0 bridgehead atoms. The molecule has 6 heteroatoms. The van der Waals surface area contributed by atoms with E-state index in [1.54, 1.807) is 13.8 Å². The van der Waals surface area contributed by atoms with Gasteiger partial charge in [-0.05, 0) is 11.8 Å². The summed E-state index contributed by atoms with van der Waals surface area (Å²) in [7, 11) is 0. The number of aliphatic hydroxyl groups excluding tert-OH is 3. The van der Waals surface area contributed by atoms with Crippen molar-refractivity contribution in [2.75, 3.05) is 0 Å². The van der Waals surface area contributed by atoms with Gasteiger partial charge in [0.15, 0.2) is 6.10 Å². The van der Waals surface area contributed by atoms with Crippen LogP contribution in [-0.2, 0) is 4.79 Å². The molecule has 0 unspecified atom stereocenters. The molecule has 0 aliphatic heterocycles. The second-order valence-corrected chi connectivity index (χ2v) is 5.09. The molecule has 0 spiro atoms. The van der Waals surface area contributed by atoms with E-state index in [0.29, 0.717) is 0 Å². The largest absolute Gasteiger partial charge is 0.390 e. The summed E-state index contributed by atoms with van der Waals surface area (Å²) in [6, 6.07) is 0. The SMILES string of the molecule is CC1(C)CC(=O)C(F)(F)[C@H](O)[C@@H](O)[C@@H](O)C1. The van der Waals surface area contributed by atoms with Crippen molar-refractivity contribution in [3.05, 3.63) is 0 Å². The molecule has 0 aromatic carbocycles. The van der Waals surface area contributed by atoms with Gasteiger partial charge >= 0.3 is 5.92 Å². The van der Waals surface area contributed by atoms with Crippen LogP contribution in [0.5, 0.6) is 0 Å². The fraction of sp³-hybridized carbons (Fsp3) is 0.900. The van der Waals surface area contributed by atoms with Gasteiger partial charge in [0.2, 0.25) is 5.78 Å². The van der Waals surface area contributed by atoms with Gasteiger partial charge in [-0.1, -0.05) is 13.8 Å². The van der Waals surface area contributed by atoms with Gasteiger partial charge in [0, 0.05) is 6.42 Å². The number of carbonyl (C=O) groups is 1. The zero-order chi connectivity index (χ0) is 12.7. The van der Waals surface area contributed by atoms with Crippen LogP contribution in [0.1, 0.15) is 26.7 Å². The minimum absolute atomic E-state index is 0.0208. The lowest BCUT2D eigenvalue weighted by Gasteiger charge is -2.37. The Bertz CT molecular complexity index is 291. The Kier molecular flexibility index (Phi) is 3.38. The third kappa shape index (κ3) is 2.39. The van der Waals surface area contributed by atoms with Gasteiger partial charge in [-0.25, -0.2) is 0 Å². The molecular weight excluding hydrogens is 222 g/mol. The Labute approximate surface area is 91.9 Å². The lowest BCUT2D eigenvalue weighted by atomic mass is 9.75. The lowest BCUT2D eigenvalue weighted by molar-refractivity contribution is -0.195. The topological polar surface area (TPSA) is 77.8 Å². The molecule has 1 fully saturated rings. The second-order valence-electron chi connectivity index (χ2n) is 5.09. The number of hydrogen-bond donors (Lipinski definition) is 3. The van der Waals surface area contributed by atoms with Crippen molar-refractivity contribution < 1.29 is 28.9 Å². The molecule has 4 nitrogen and oxygen atoms in total. The maximum atomic E-state index is 13.3. The molecular formula is C10H16F2O4. The summed E-state index contributed by atoms with van der Waals surface area (Å²) in [6.45, 7) is 3.10. The van der Waals surface area contributed by atoms with E-state index in [0.717, 1.165) is 0 Å². The predicted octanol–water partition coefficient (Wildman–Crippen LogP) is 0.0935. The fourth-order valence-electron chi connectivity index (χ4n) is 1.90. The van der Waals surface area contributed by atoms with Crippen LogP contribution in [0, 0.1) is 5.41 Å². The van der Waals surface area contributed by atoms with E-state index >= 15 is 0 Å². The van der Waals surface area contributed by atoms with Crippen LogP contribution in [0.4, 0.5) is 8.78 Å². The van der Waals surface area contributed by atoms with E-state index in [9.17, 15) is 23.8 Å². The maximum absolute atomic E-state index is 13.3. The van der Waals surface area contributed by atoms with Crippen LogP contribution in [0.15, 0.2) is 0 Å². The standard InChI is InChI=1S/C10H16F2O4/c1-9(2)3-5(13)7(15)8(16)10(11,12)6(14)4-9/h5,7-8,13,15-16H,3-4H2,1-2H3/t5-,7-,8+/m0/s1. The monoisotopic (exact) mass is 238 g/mol. The van der Waals surface area contributed by atoms with Gasteiger partial charge in [0.05, 0.1) is 6.10 Å². The van der Waals surface area contributed by atoms with E-state index in [1.165, 1.54) is 0 Å². The van der Waals surface area contributed by atoms with E-state index in [-0.39, 0.29) is 6.42 Å². The number of alkyl halides is 2. The van der Waals surface area contributed by atoms with Crippen molar-refractivity contribution in [3.8, 4) is 0 Å². The Balaban J connectivity index is 3.05. The van der Waals surface area contributed by atoms with E-state index in [2.05, 4.69) is 0 Å². The zero-order valence-electron chi connectivity index (χ0n) is 9.15. The average Bonchev–Trinajstić information content (AvgIpc) is 2.12. The molecule has 0 heterocycles. The molecule has 0 amide bonds. The first-order chi connectivity index (χ1) is 7.08. The second kappa shape index (κ2) is 4.01. The molecule has 16 heavy (non-hydrogen) atoms. The molecule has 0 aromatic heterocycles. The maximum Gasteiger partial charge on any atom is 0.333 e. The number of ketones is 1. The quantitative estimate of drug-likeness (QED) is 0.559. The molecule has 0 aromatic rings. The molecule has 1 rings (SSSR count). The summed E-state index contributed by atoms with van der Waals surface area (Å²) in [4.78, 5) is 11.3. The number of carbonyl (C=O) groups excluding carboxylic acids is 1. The highest BCUT2D eigenvalue weighted by molar-refractivity contribution is 5.87. The first-order valence-electron chi connectivity index (χ1n) is 5.03. The van der Waals surface area contributed by atoms with Gasteiger partial charge in [0.1, 0.15) is 6.10 Å². The van der Waals surface area contributed by atoms with Gasteiger partial charge in [-0.2, -0.15) is 8.78 Å². The number of rotatable bonds is 0. The first-order valence-corrected chi connectivity index (χ1v) is 5.03. The van der Waals surface area contributed by atoms with Crippen LogP contribution >= 0.6 is 0 Å².